The standard InChI is InChI=1S/C12H15BrN2O3S/c1-8(14-19(18)12(2,3)4)9-5-10(13)7-11(6-9)15(16)17/h5-7H,1-4H3. The topological polar surface area (TPSA) is 72.6 Å². The Morgan fingerprint density at radius 1 is 1.37 bits per heavy atom. The maximum absolute atomic E-state index is 11.9. The molecule has 0 radical (unpaired) electrons. The number of nitro groups is 1. The van der Waals surface area contributed by atoms with Gasteiger partial charge in [0.1, 0.15) is 11.0 Å². The van der Waals surface area contributed by atoms with E-state index >= 15 is 0 Å². The van der Waals surface area contributed by atoms with Crippen molar-refractivity contribution in [3.8, 4) is 0 Å². The highest BCUT2D eigenvalue weighted by atomic mass is 79.9. The van der Waals surface area contributed by atoms with Crippen molar-refractivity contribution in [3.63, 3.8) is 0 Å². The number of hydrogen-bond donors (Lipinski definition) is 0. The van der Waals surface area contributed by atoms with Gasteiger partial charge in [-0.05, 0) is 33.8 Å². The van der Waals surface area contributed by atoms with Gasteiger partial charge in [-0.2, -0.15) is 4.40 Å². The van der Waals surface area contributed by atoms with Gasteiger partial charge >= 0.3 is 0 Å². The van der Waals surface area contributed by atoms with Gasteiger partial charge in [0, 0.05) is 22.2 Å². The quantitative estimate of drug-likeness (QED) is 0.476. The molecule has 0 aromatic heterocycles. The lowest BCUT2D eigenvalue weighted by Crippen LogP contribution is -2.20. The van der Waals surface area contributed by atoms with E-state index in [1.54, 1.807) is 13.0 Å². The van der Waals surface area contributed by atoms with Crippen LogP contribution in [0.4, 0.5) is 5.69 Å². The van der Waals surface area contributed by atoms with E-state index < -0.39 is 20.7 Å². The van der Waals surface area contributed by atoms with Crippen LogP contribution in [0.3, 0.4) is 0 Å². The molecule has 104 valence electrons. The van der Waals surface area contributed by atoms with Crippen molar-refractivity contribution in [2.24, 2.45) is 4.40 Å². The molecule has 1 aromatic carbocycles. The highest BCUT2D eigenvalue weighted by Crippen LogP contribution is 2.22. The molecule has 5 nitrogen and oxygen atoms in total. The van der Waals surface area contributed by atoms with Gasteiger partial charge in [-0.1, -0.05) is 15.9 Å². The van der Waals surface area contributed by atoms with Crippen molar-refractivity contribution in [2.45, 2.75) is 32.4 Å². The van der Waals surface area contributed by atoms with Crippen molar-refractivity contribution in [1.82, 2.24) is 0 Å². The second-order valence-corrected chi connectivity index (χ2v) is 7.81. The summed E-state index contributed by atoms with van der Waals surface area (Å²) >= 11 is 3.22. The summed E-state index contributed by atoms with van der Waals surface area (Å²) < 4.78 is 16.2. The predicted molar refractivity (Wildman–Crippen MR) is 80.9 cm³/mol. The van der Waals surface area contributed by atoms with Gasteiger partial charge < -0.3 is 0 Å². The summed E-state index contributed by atoms with van der Waals surface area (Å²) in [5.41, 5.74) is 1.07. The second kappa shape index (κ2) is 5.92. The maximum Gasteiger partial charge on any atom is 0.271 e. The molecule has 1 rings (SSSR count). The molecule has 0 fully saturated rings. The van der Waals surface area contributed by atoms with E-state index in [9.17, 15) is 14.3 Å². The van der Waals surface area contributed by atoms with Crippen LogP contribution in [-0.2, 0) is 11.0 Å². The van der Waals surface area contributed by atoms with Crippen LogP contribution in [0.15, 0.2) is 27.1 Å². The third kappa shape index (κ3) is 4.50. The first-order valence-electron chi connectivity index (χ1n) is 5.54. The van der Waals surface area contributed by atoms with Crippen LogP contribution in [-0.4, -0.2) is 19.6 Å². The fraction of sp³-hybridized carbons (Fsp3) is 0.417. The highest BCUT2D eigenvalue weighted by Gasteiger charge is 2.19. The summed E-state index contributed by atoms with van der Waals surface area (Å²) in [6.45, 7) is 7.16. The molecule has 0 spiro atoms. The van der Waals surface area contributed by atoms with Crippen LogP contribution < -0.4 is 0 Å². The average molecular weight is 347 g/mol. The Kier molecular flexibility index (Phi) is 4.98. The fourth-order valence-corrected chi connectivity index (χ4v) is 2.31. The van der Waals surface area contributed by atoms with E-state index in [2.05, 4.69) is 20.3 Å². The summed E-state index contributed by atoms with van der Waals surface area (Å²) in [5.74, 6) is 0. The Morgan fingerprint density at radius 2 is 1.95 bits per heavy atom. The van der Waals surface area contributed by atoms with Crippen molar-refractivity contribution >= 4 is 38.3 Å². The van der Waals surface area contributed by atoms with Crippen LogP contribution in [0.5, 0.6) is 0 Å². The van der Waals surface area contributed by atoms with E-state index in [-0.39, 0.29) is 5.69 Å². The van der Waals surface area contributed by atoms with Crippen molar-refractivity contribution in [1.29, 1.82) is 0 Å². The lowest BCUT2D eigenvalue weighted by molar-refractivity contribution is -0.384. The summed E-state index contributed by atoms with van der Waals surface area (Å²) in [7, 11) is -1.39. The first kappa shape index (κ1) is 16.0. The molecular formula is C12H15BrN2O3S. The van der Waals surface area contributed by atoms with Crippen molar-refractivity contribution in [2.75, 3.05) is 0 Å². The molecule has 0 saturated heterocycles. The third-order valence-electron chi connectivity index (χ3n) is 2.25. The molecule has 0 aliphatic carbocycles. The SMILES string of the molecule is CC(=NS(=O)C(C)(C)C)c1cc(Br)cc([N+](=O)[O-])c1. The van der Waals surface area contributed by atoms with E-state index in [1.807, 2.05) is 20.8 Å². The minimum atomic E-state index is -1.39. The maximum atomic E-state index is 11.9. The van der Waals surface area contributed by atoms with Gasteiger partial charge in [0.15, 0.2) is 0 Å². The number of rotatable bonds is 3. The van der Waals surface area contributed by atoms with Gasteiger partial charge in [0.05, 0.1) is 15.4 Å². The Morgan fingerprint density at radius 3 is 2.42 bits per heavy atom. The first-order chi connectivity index (χ1) is 8.61. The van der Waals surface area contributed by atoms with E-state index in [0.29, 0.717) is 15.7 Å². The molecule has 19 heavy (non-hydrogen) atoms. The Bertz CT molecular complexity index is 565. The van der Waals surface area contributed by atoms with E-state index in [0.717, 1.165) is 0 Å². The summed E-state index contributed by atoms with van der Waals surface area (Å²) in [6, 6.07) is 4.55. The Balaban J connectivity index is 3.20. The van der Waals surface area contributed by atoms with Gasteiger partial charge in [0.25, 0.3) is 5.69 Å². The zero-order valence-corrected chi connectivity index (χ0v) is 13.5. The lowest BCUT2D eigenvalue weighted by Gasteiger charge is -2.14. The first-order valence-corrected chi connectivity index (χ1v) is 7.44. The molecule has 0 amide bonds. The van der Waals surface area contributed by atoms with Crippen LogP contribution in [0.1, 0.15) is 33.3 Å². The number of hydrogen-bond acceptors (Lipinski definition) is 3. The molecule has 1 aromatic rings. The minimum absolute atomic E-state index is 0.0273. The Hall–Kier alpha value is -1.08. The second-order valence-electron chi connectivity index (χ2n) is 4.99. The largest absolute Gasteiger partial charge is 0.271 e. The summed E-state index contributed by atoms with van der Waals surface area (Å²) in [4.78, 5) is 10.3. The van der Waals surface area contributed by atoms with Gasteiger partial charge in [-0.25, -0.2) is 4.21 Å². The van der Waals surface area contributed by atoms with Crippen LogP contribution in [0.2, 0.25) is 0 Å². The molecule has 0 aliphatic rings. The van der Waals surface area contributed by atoms with Crippen LogP contribution in [0.25, 0.3) is 0 Å². The fourth-order valence-electron chi connectivity index (χ4n) is 1.20. The smallest absolute Gasteiger partial charge is 0.258 e. The zero-order valence-electron chi connectivity index (χ0n) is 11.1. The molecule has 0 bridgehead atoms. The minimum Gasteiger partial charge on any atom is -0.258 e. The number of benzene rings is 1. The molecule has 0 saturated carbocycles. The molecule has 0 aliphatic heterocycles. The van der Waals surface area contributed by atoms with Crippen LogP contribution >= 0.6 is 15.9 Å². The average Bonchev–Trinajstić information content (AvgIpc) is 2.26. The van der Waals surface area contributed by atoms with Gasteiger partial charge in [-0.3, -0.25) is 10.1 Å². The molecule has 1 unspecified atom stereocenters. The normalized spacial score (nSPS) is 14.3. The number of halogens is 1. The zero-order chi connectivity index (χ0) is 14.8. The third-order valence-corrected chi connectivity index (χ3v) is 4.20. The number of nitro benzene ring substituents is 1. The molecule has 0 heterocycles. The van der Waals surface area contributed by atoms with Crippen molar-refractivity contribution < 1.29 is 9.13 Å². The molecule has 0 N–H and O–H groups in total. The Labute approximate surface area is 123 Å². The molecule has 1 atom stereocenters. The van der Waals surface area contributed by atoms with Crippen LogP contribution in [0, 0.1) is 10.1 Å². The van der Waals surface area contributed by atoms with Crippen molar-refractivity contribution in [3.05, 3.63) is 38.3 Å². The predicted octanol–water partition coefficient (Wildman–Crippen LogP) is 3.63. The van der Waals surface area contributed by atoms with Gasteiger partial charge in [-0.15, -0.1) is 0 Å². The highest BCUT2D eigenvalue weighted by molar-refractivity contribution is 9.10. The molecular weight excluding hydrogens is 332 g/mol. The summed E-state index contributed by atoms with van der Waals surface area (Å²) in [6.07, 6.45) is 0. The van der Waals surface area contributed by atoms with E-state index in [4.69, 9.17) is 0 Å². The number of nitrogens with zero attached hydrogens (tertiary/aromatic N) is 2. The lowest BCUT2D eigenvalue weighted by atomic mass is 10.1. The van der Waals surface area contributed by atoms with Gasteiger partial charge in [0.2, 0.25) is 0 Å². The number of non-ortho nitro benzene ring substituents is 1. The summed E-state index contributed by atoms with van der Waals surface area (Å²) in [5, 5.41) is 10.8. The monoisotopic (exact) mass is 346 g/mol. The van der Waals surface area contributed by atoms with E-state index in [1.165, 1.54) is 12.1 Å². The molecule has 7 heteroatoms.